The Balaban J connectivity index is 2.22. The molecule has 1 saturated heterocycles. The van der Waals surface area contributed by atoms with Gasteiger partial charge in [-0.2, -0.15) is 0 Å². The van der Waals surface area contributed by atoms with Gasteiger partial charge in [0.05, 0.1) is 0 Å². The quantitative estimate of drug-likeness (QED) is 0.589. The van der Waals surface area contributed by atoms with Crippen molar-refractivity contribution in [3.05, 3.63) is 0 Å². The Bertz CT molecular complexity index is 244. The molecule has 3 N–H and O–H groups in total. The van der Waals surface area contributed by atoms with Crippen molar-refractivity contribution in [1.29, 1.82) is 0 Å². The number of likely N-dealkylation sites (tertiary alicyclic amines) is 1. The third-order valence-corrected chi connectivity index (χ3v) is 3.47. The lowest BCUT2D eigenvalue weighted by molar-refractivity contribution is -0.144. The Morgan fingerprint density at radius 1 is 1.62 bits per heavy atom. The number of carbonyl (C=O) groups is 1. The van der Waals surface area contributed by atoms with Gasteiger partial charge in [0.25, 0.3) is 0 Å². The van der Waals surface area contributed by atoms with E-state index < -0.39 is 11.5 Å². The molecule has 74 valence electrons. The first-order valence-electron chi connectivity index (χ1n) is 4.73. The highest BCUT2D eigenvalue weighted by atomic mass is 16.4. The van der Waals surface area contributed by atoms with Gasteiger partial charge in [-0.05, 0) is 25.8 Å². The summed E-state index contributed by atoms with van der Waals surface area (Å²) in [4.78, 5) is 13.2. The predicted molar refractivity (Wildman–Crippen MR) is 48.3 cm³/mol. The molecule has 0 aromatic heterocycles. The van der Waals surface area contributed by atoms with Gasteiger partial charge in [0.1, 0.15) is 5.54 Å². The zero-order valence-corrected chi connectivity index (χ0v) is 7.86. The van der Waals surface area contributed by atoms with E-state index in [4.69, 9.17) is 10.8 Å². The second-order valence-corrected chi connectivity index (χ2v) is 4.57. The average molecular weight is 184 g/mol. The predicted octanol–water partition coefficient (Wildman–Crippen LogP) is -0.260. The minimum Gasteiger partial charge on any atom is -0.480 e. The Kier molecular flexibility index (Phi) is 1.85. The minimum atomic E-state index is -0.949. The Hall–Kier alpha value is -0.610. The molecule has 4 nitrogen and oxygen atoms in total. The first kappa shape index (κ1) is 8.97. The first-order chi connectivity index (χ1) is 6.02. The van der Waals surface area contributed by atoms with Crippen LogP contribution >= 0.6 is 0 Å². The Morgan fingerprint density at radius 3 is 2.92 bits per heavy atom. The summed E-state index contributed by atoms with van der Waals surface area (Å²) in [6.07, 6.45) is 1.64. The fourth-order valence-corrected chi connectivity index (χ4v) is 2.87. The molecule has 0 spiro atoms. The number of aliphatic carboxylic acids is 1. The molecule has 2 aliphatic rings. The maximum atomic E-state index is 11.0. The van der Waals surface area contributed by atoms with Crippen LogP contribution in [-0.4, -0.2) is 41.7 Å². The number of piperidine rings is 1. The van der Waals surface area contributed by atoms with Gasteiger partial charge in [-0.3, -0.25) is 4.79 Å². The molecule has 2 fully saturated rings. The van der Waals surface area contributed by atoms with E-state index in [0.717, 1.165) is 19.5 Å². The van der Waals surface area contributed by atoms with Crippen molar-refractivity contribution in [2.75, 3.05) is 20.1 Å². The van der Waals surface area contributed by atoms with Crippen LogP contribution in [0.25, 0.3) is 0 Å². The molecule has 0 aromatic rings. The van der Waals surface area contributed by atoms with Gasteiger partial charge in [-0.1, -0.05) is 0 Å². The molecular formula is C9H16N2O2. The van der Waals surface area contributed by atoms with E-state index in [1.54, 1.807) is 0 Å². The summed E-state index contributed by atoms with van der Waals surface area (Å²) in [5.74, 6) is -0.186. The highest BCUT2D eigenvalue weighted by Crippen LogP contribution is 2.42. The van der Waals surface area contributed by atoms with Crippen molar-refractivity contribution in [1.82, 2.24) is 4.90 Å². The van der Waals surface area contributed by atoms with Crippen LogP contribution in [0.3, 0.4) is 0 Å². The number of rotatable bonds is 1. The average Bonchev–Trinajstić information content (AvgIpc) is 2.24. The van der Waals surface area contributed by atoms with E-state index in [2.05, 4.69) is 4.90 Å². The highest BCUT2D eigenvalue weighted by Gasteiger charge is 2.52. The molecule has 2 rings (SSSR count). The number of hydrogen-bond donors (Lipinski definition) is 2. The van der Waals surface area contributed by atoms with Crippen molar-refractivity contribution >= 4 is 5.97 Å². The molecule has 0 radical (unpaired) electrons. The zero-order chi connectivity index (χ0) is 9.64. The number of carboxylic acids is 1. The number of fused-ring (bicyclic) bond motifs is 2. The van der Waals surface area contributed by atoms with E-state index in [0.29, 0.717) is 12.3 Å². The molecular weight excluding hydrogens is 168 g/mol. The molecule has 1 aliphatic carbocycles. The van der Waals surface area contributed by atoms with Crippen LogP contribution < -0.4 is 5.73 Å². The number of nitrogens with zero attached hydrogens (tertiary/aromatic N) is 1. The van der Waals surface area contributed by atoms with E-state index in [9.17, 15) is 4.79 Å². The summed E-state index contributed by atoms with van der Waals surface area (Å²) in [6, 6.07) is 0. The van der Waals surface area contributed by atoms with Gasteiger partial charge in [0, 0.05) is 19.0 Å². The van der Waals surface area contributed by atoms with E-state index in [1.165, 1.54) is 0 Å². The standard InChI is InChI=1S/C9H16N2O2/c1-11-4-6-2-7(5-11)9(10,3-6)8(12)13/h6-7H,2-5,10H2,1H3,(H,12,13)/t6-,7-,9-/m1/s1. The fraction of sp³-hybridized carbons (Fsp3) is 0.889. The molecule has 1 aliphatic heterocycles. The first-order valence-corrected chi connectivity index (χ1v) is 4.73. The van der Waals surface area contributed by atoms with Crippen molar-refractivity contribution in [2.45, 2.75) is 18.4 Å². The lowest BCUT2D eigenvalue weighted by Crippen LogP contribution is -2.53. The maximum Gasteiger partial charge on any atom is 0.324 e. The van der Waals surface area contributed by atoms with Crippen LogP contribution in [0.5, 0.6) is 0 Å². The maximum absolute atomic E-state index is 11.0. The van der Waals surface area contributed by atoms with E-state index in [-0.39, 0.29) is 5.92 Å². The second kappa shape index (κ2) is 2.69. The fourth-order valence-electron chi connectivity index (χ4n) is 2.87. The van der Waals surface area contributed by atoms with Gasteiger partial charge < -0.3 is 15.7 Å². The Labute approximate surface area is 77.7 Å². The molecule has 0 amide bonds. The molecule has 13 heavy (non-hydrogen) atoms. The largest absolute Gasteiger partial charge is 0.480 e. The third kappa shape index (κ3) is 1.25. The van der Waals surface area contributed by atoms with E-state index >= 15 is 0 Å². The zero-order valence-electron chi connectivity index (χ0n) is 7.86. The number of nitrogens with two attached hydrogens (primary N) is 1. The van der Waals surface area contributed by atoms with Gasteiger partial charge >= 0.3 is 5.97 Å². The van der Waals surface area contributed by atoms with Crippen LogP contribution in [0.4, 0.5) is 0 Å². The molecule has 1 heterocycles. The highest BCUT2D eigenvalue weighted by molar-refractivity contribution is 5.79. The third-order valence-electron chi connectivity index (χ3n) is 3.47. The lowest BCUT2D eigenvalue weighted by Gasteiger charge is -2.31. The summed E-state index contributed by atoms with van der Waals surface area (Å²) in [7, 11) is 2.03. The molecule has 2 bridgehead atoms. The van der Waals surface area contributed by atoms with Crippen LogP contribution in [0.2, 0.25) is 0 Å². The topological polar surface area (TPSA) is 66.6 Å². The van der Waals surface area contributed by atoms with Crippen LogP contribution in [0.15, 0.2) is 0 Å². The van der Waals surface area contributed by atoms with E-state index in [1.807, 2.05) is 7.05 Å². The van der Waals surface area contributed by atoms with Crippen LogP contribution in [0, 0.1) is 11.8 Å². The monoisotopic (exact) mass is 184 g/mol. The summed E-state index contributed by atoms with van der Waals surface area (Å²) in [6.45, 7) is 1.84. The molecule has 4 heteroatoms. The van der Waals surface area contributed by atoms with Crippen LogP contribution in [-0.2, 0) is 4.79 Å². The second-order valence-electron chi connectivity index (χ2n) is 4.57. The summed E-state index contributed by atoms with van der Waals surface area (Å²) in [5, 5.41) is 9.06. The van der Waals surface area contributed by atoms with Gasteiger partial charge in [0.2, 0.25) is 0 Å². The van der Waals surface area contributed by atoms with Crippen molar-refractivity contribution in [3.8, 4) is 0 Å². The van der Waals surface area contributed by atoms with Gasteiger partial charge in [0.15, 0.2) is 0 Å². The molecule has 1 saturated carbocycles. The molecule has 3 atom stereocenters. The van der Waals surface area contributed by atoms with Crippen molar-refractivity contribution in [2.24, 2.45) is 17.6 Å². The number of hydrogen-bond acceptors (Lipinski definition) is 3. The minimum absolute atomic E-state index is 0.147. The van der Waals surface area contributed by atoms with Gasteiger partial charge in [-0.15, -0.1) is 0 Å². The molecule has 0 unspecified atom stereocenters. The summed E-state index contributed by atoms with van der Waals surface area (Å²) >= 11 is 0. The van der Waals surface area contributed by atoms with Crippen molar-refractivity contribution in [3.63, 3.8) is 0 Å². The smallest absolute Gasteiger partial charge is 0.324 e. The number of carboxylic acid groups (broad SMARTS) is 1. The van der Waals surface area contributed by atoms with Crippen LogP contribution in [0.1, 0.15) is 12.8 Å². The van der Waals surface area contributed by atoms with Crippen molar-refractivity contribution < 1.29 is 9.90 Å². The summed E-state index contributed by atoms with van der Waals surface area (Å²) in [5.41, 5.74) is 4.97. The van der Waals surface area contributed by atoms with Gasteiger partial charge in [-0.25, -0.2) is 0 Å². The normalized spacial score (nSPS) is 45.1. The lowest BCUT2D eigenvalue weighted by atomic mass is 9.88. The SMILES string of the molecule is CN1C[C@@H]2C[C@H](C1)[C@@](N)(C(=O)O)C2. The summed E-state index contributed by atoms with van der Waals surface area (Å²) < 4.78 is 0. The molecule has 0 aromatic carbocycles. The Morgan fingerprint density at radius 2 is 2.31 bits per heavy atom.